The number of carbonyl (C=O) groups is 2. The number of nitrogens with zero attached hydrogens (tertiary/aromatic N) is 3. The van der Waals surface area contributed by atoms with E-state index >= 15 is 0 Å². The molecule has 1 heterocycles. The third-order valence-electron chi connectivity index (χ3n) is 4.92. The van der Waals surface area contributed by atoms with Crippen LogP contribution in [0.25, 0.3) is 23.0 Å². The number of nitriles is 1. The number of para-hydroxylation sites is 1. The van der Waals surface area contributed by atoms with Crippen LogP contribution in [0.2, 0.25) is 0 Å². The molecule has 0 saturated carbocycles. The number of anilines is 1. The number of benzene rings is 3. The minimum Gasteiger partial charge on any atom is -0.452 e. The van der Waals surface area contributed by atoms with E-state index in [0.717, 1.165) is 21.3 Å². The van der Waals surface area contributed by atoms with E-state index in [9.17, 15) is 9.59 Å². The molecule has 0 bridgehead atoms. The van der Waals surface area contributed by atoms with Crippen LogP contribution in [0.15, 0.2) is 95.6 Å². The van der Waals surface area contributed by atoms with E-state index in [4.69, 9.17) is 15.1 Å². The Morgan fingerprint density at radius 1 is 1.03 bits per heavy atom. The van der Waals surface area contributed by atoms with Gasteiger partial charge in [0.25, 0.3) is 5.91 Å². The van der Waals surface area contributed by atoms with Crippen molar-refractivity contribution in [3.8, 4) is 23.0 Å². The van der Waals surface area contributed by atoms with Gasteiger partial charge in [-0.25, -0.2) is 9.48 Å². The number of hydrogen-bond acceptors (Lipinski definition) is 5. The zero-order chi connectivity index (χ0) is 24.6. The van der Waals surface area contributed by atoms with E-state index in [0.29, 0.717) is 16.9 Å². The molecule has 0 unspecified atom stereocenters. The topological polar surface area (TPSA) is 97.0 Å². The summed E-state index contributed by atoms with van der Waals surface area (Å²) in [6.07, 6.45) is 4.71. The van der Waals surface area contributed by atoms with Crippen molar-refractivity contribution in [1.82, 2.24) is 9.78 Å². The number of halogens is 1. The van der Waals surface area contributed by atoms with Crippen LogP contribution in [0.5, 0.6) is 0 Å². The number of nitrogens with one attached hydrogen (secondary N) is 1. The summed E-state index contributed by atoms with van der Waals surface area (Å²) < 4.78 is 7.76. The van der Waals surface area contributed by atoms with Crippen molar-refractivity contribution in [2.45, 2.75) is 0 Å². The first-order valence-corrected chi connectivity index (χ1v) is 11.4. The lowest BCUT2D eigenvalue weighted by atomic mass is 10.1. The Bertz CT molecular complexity index is 1400. The molecule has 1 aromatic heterocycles. The highest BCUT2D eigenvalue weighted by Crippen LogP contribution is 2.26. The molecule has 0 atom stereocenters. The van der Waals surface area contributed by atoms with Gasteiger partial charge in [-0.2, -0.15) is 10.4 Å². The van der Waals surface area contributed by atoms with Crippen LogP contribution in [0.4, 0.5) is 5.69 Å². The largest absolute Gasteiger partial charge is 0.452 e. The number of rotatable bonds is 7. The molecule has 0 aliphatic rings. The first-order chi connectivity index (χ1) is 17.0. The molecule has 8 heteroatoms. The zero-order valence-corrected chi connectivity index (χ0v) is 20.0. The summed E-state index contributed by atoms with van der Waals surface area (Å²) in [6.45, 7) is -0.438. The number of amides is 1. The molecule has 1 N–H and O–H groups in total. The number of carbonyl (C=O) groups excluding carboxylic acids is 2. The average Bonchev–Trinajstić information content (AvgIpc) is 3.32. The summed E-state index contributed by atoms with van der Waals surface area (Å²) in [5.74, 6) is -1.14. The van der Waals surface area contributed by atoms with Gasteiger partial charge >= 0.3 is 5.97 Å². The van der Waals surface area contributed by atoms with Crippen LogP contribution in [0, 0.1) is 11.3 Å². The third kappa shape index (κ3) is 6.31. The number of ether oxygens (including phenoxy) is 1. The maximum absolute atomic E-state index is 12.3. The molecule has 0 saturated heterocycles. The van der Waals surface area contributed by atoms with E-state index in [-0.39, 0.29) is 0 Å². The van der Waals surface area contributed by atoms with Crippen molar-refractivity contribution in [2.24, 2.45) is 0 Å². The van der Waals surface area contributed by atoms with Crippen LogP contribution < -0.4 is 5.32 Å². The molecule has 0 fully saturated rings. The second-order valence-electron chi connectivity index (χ2n) is 7.40. The fourth-order valence-electron chi connectivity index (χ4n) is 3.22. The molecule has 0 aliphatic carbocycles. The summed E-state index contributed by atoms with van der Waals surface area (Å²) in [6, 6.07) is 25.7. The Balaban J connectivity index is 1.45. The van der Waals surface area contributed by atoms with Crippen molar-refractivity contribution in [2.75, 3.05) is 11.9 Å². The fourth-order valence-corrected chi connectivity index (χ4v) is 3.49. The van der Waals surface area contributed by atoms with Crippen LogP contribution in [-0.2, 0) is 14.3 Å². The minimum atomic E-state index is -0.658. The second kappa shape index (κ2) is 11.1. The first-order valence-electron chi connectivity index (χ1n) is 10.6. The summed E-state index contributed by atoms with van der Waals surface area (Å²) >= 11 is 3.44. The maximum atomic E-state index is 12.3. The summed E-state index contributed by atoms with van der Waals surface area (Å²) in [5, 5.41) is 16.1. The third-order valence-corrected chi connectivity index (χ3v) is 5.45. The molecule has 172 valence electrons. The van der Waals surface area contributed by atoms with Crippen LogP contribution >= 0.6 is 15.9 Å². The van der Waals surface area contributed by atoms with Crippen molar-refractivity contribution in [3.63, 3.8) is 0 Å². The predicted molar refractivity (Wildman–Crippen MR) is 136 cm³/mol. The highest BCUT2D eigenvalue weighted by molar-refractivity contribution is 9.10. The van der Waals surface area contributed by atoms with Gasteiger partial charge in [0.2, 0.25) is 0 Å². The Kier molecular flexibility index (Phi) is 7.50. The van der Waals surface area contributed by atoms with Gasteiger partial charge in [-0.1, -0.05) is 46.3 Å². The smallest absolute Gasteiger partial charge is 0.331 e. The van der Waals surface area contributed by atoms with Gasteiger partial charge in [-0.3, -0.25) is 4.79 Å². The number of aromatic nitrogens is 2. The molecule has 35 heavy (non-hydrogen) atoms. The second-order valence-corrected chi connectivity index (χ2v) is 8.31. The molecule has 3 aromatic carbocycles. The van der Waals surface area contributed by atoms with E-state index in [1.807, 2.05) is 66.9 Å². The highest BCUT2D eigenvalue weighted by atomic mass is 79.9. The molecule has 1 amide bonds. The predicted octanol–water partition coefficient (Wildman–Crippen LogP) is 5.37. The van der Waals surface area contributed by atoms with Gasteiger partial charge in [-0.15, -0.1) is 0 Å². The van der Waals surface area contributed by atoms with E-state index < -0.39 is 18.5 Å². The van der Waals surface area contributed by atoms with Gasteiger partial charge in [0, 0.05) is 33.6 Å². The summed E-state index contributed by atoms with van der Waals surface area (Å²) in [7, 11) is 0. The Morgan fingerprint density at radius 3 is 2.43 bits per heavy atom. The van der Waals surface area contributed by atoms with E-state index in [1.54, 1.807) is 35.0 Å². The lowest BCUT2D eigenvalue weighted by molar-refractivity contribution is -0.142. The number of esters is 1. The Hall–Kier alpha value is -4.48. The van der Waals surface area contributed by atoms with Gasteiger partial charge < -0.3 is 10.1 Å². The number of hydrogen-bond donors (Lipinski definition) is 1. The van der Waals surface area contributed by atoms with Gasteiger partial charge in [0.05, 0.1) is 23.0 Å². The summed E-state index contributed by atoms with van der Waals surface area (Å²) in [4.78, 5) is 24.3. The monoisotopic (exact) mass is 526 g/mol. The average molecular weight is 527 g/mol. The molecule has 0 spiro atoms. The SMILES string of the molecule is N#Cc1ccc(NC(=O)COC(=O)C=Cc2cn(-c3ccccc3)nc2-c2ccc(Br)cc2)cc1. The van der Waals surface area contributed by atoms with Gasteiger partial charge in [-0.05, 0) is 54.6 Å². The minimum absolute atomic E-state index is 0.438. The lowest BCUT2D eigenvalue weighted by Crippen LogP contribution is -2.20. The van der Waals surface area contributed by atoms with Crippen molar-refractivity contribution >= 4 is 39.6 Å². The molecule has 0 radical (unpaired) electrons. The summed E-state index contributed by atoms with van der Waals surface area (Å²) in [5.41, 5.74) is 4.18. The van der Waals surface area contributed by atoms with Crippen LogP contribution in [0.1, 0.15) is 11.1 Å². The fraction of sp³-hybridized carbons (Fsp3) is 0.0370. The van der Waals surface area contributed by atoms with Crippen molar-refractivity contribution in [1.29, 1.82) is 5.26 Å². The maximum Gasteiger partial charge on any atom is 0.331 e. The molecule has 4 rings (SSSR count). The Labute approximate surface area is 210 Å². The van der Waals surface area contributed by atoms with E-state index in [2.05, 4.69) is 21.2 Å². The normalized spacial score (nSPS) is 10.6. The molecule has 4 aromatic rings. The first kappa shape index (κ1) is 23.7. The van der Waals surface area contributed by atoms with Crippen molar-refractivity contribution in [3.05, 3.63) is 107 Å². The van der Waals surface area contributed by atoms with Gasteiger partial charge in [0.1, 0.15) is 0 Å². The molecular weight excluding hydrogens is 508 g/mol. The molecule has 7 nitrogen and oxygen atoms in total. The standard InChI is InChI=1S/C27H19BrN4O3/c28-22-11-8-20(9-12-22)27-21(17-32(31-27)24-4-2-1-3-5-24)10-15-26(34)35-18-25(33)30-23-13-6-19(16-29)7-14-23/h1-15,17H,18H2,(H,30,33). The zero-order valence-electron chi connectivity index (χ0n) is 18.4. The van der Waals surface area contributed by atoms with E-state index in [1.165, 1.54) is 6.08 Å². The quantitative estimate of drug-likeness (QED) is 0.258. The molecule has 0 aliphatic heterocycles. The van der Waals surface area contributed by atoms with Crippen LogP contribution in [-0.4, -0.2) is 28.3 Å². The molecular formula is C27H19BrN4O3. The van der Waals surface area contributed by atoms with Gasteiger partial charge in [0.15, 0.2) is 6.61 Å². The highest BCUT2D eigenvalue weighted by Gasteiger charge is 2.12. The Morgan fingerprint density at radius 2 is 1.74 bits per heavy atom. The van der Waals surface area contributed by atoms with Crippen molar-refractivity contribution < 1.29 is 14.3 Å². The van der Waals surface area contributed by atoms with Crippen LogP contribution in [0.3, 0.4) is 0 Å². The lowest BCUT2D eigenvalue weighted by Gasteiger charge is -2.05.